The Morgan fingerprint density at radius 3 is 1.07 bits per heavy atom. The van der Waals surface area contributed by atoms with E-state index in [1.54, 1.807) is 0 Å². The Labute approximate surface area is 264 Å². The summed E-state index contributed by atoms with van der Waals surface area (Å²) in [6.45, 7) is 3.67. The quantitative estimate of drug-likeness (QED) is 0.144. The van der Waals surface area contributed by atoms with Crippen molar-refractivity contribution >= 4 is 32.9 Å². The Morgan fingerprint density at radius 1 is 0.391 bits per heavy atom. The lowest BCUT2D eigenvalue weighted by Crippen LogP contribution is -2.29. The van der Waals surface area contributed by atoms with E-state index in [0.717, 1.165) is 120 Å². The molecule has 0 aromatic heterocycles. The topological polar surface area (TPSA) is 6.48 Å². The predicted octanol–water partition coefficient (Wildman–Crippen LogP) is 11.3. The molecule has 0 amide bonds. The molecule has 8 heteroatoms. The van der Waals surface area contributed by atoms with Crippen LogP contribution in [0.5, 0.6) is 0 Å². The van der Waals surface area contributed by atoms with Crippen molar-refractivity contribution in [1.29, 1.82) is 0 Å². The van der Waals surface area contributed by atoms with Crippen molar-refractivity contribution < 1.29 is 26.3 Å². The number of hydrogen-bond donors (Lipinski definition) is 0. The van der Waals surface area contributed by atoms with Crippen molar-refractivity contribution in [3.05, 3.63) is 96.1 Å². The summed E-state index contributed by atoms with van der Waals surface area (Å²) < 4.78 is 81.4. The molecule has 0 spiro atoms. The second kappa shape index (κ2) is 11.9. The molecule has 0 aliphatic carbocycles. The van der Waals surface area contributed by atoms with Crippen molar-refractivity contribution in [3.63, 3.8) is 0 Å². The average Bonchev–Trinajstić information content (AvgIpc) is 3.07. The summed E-state index contributed by atoms with van der Waals surface area (Å²) in [5, 5.41) is 3.41. The lowest BCUT2D eigenvalue weighted by atomic mass is 9.85. The highest BCUT2D eigenvalue weighted by Gasteiger charge is 2.31. The van der Waals surface area contributed by atoms with Gasteiger partial charge in [0.05, 0.1) is 11.1 Å². The van der Waals surface area contributed by atoms with Crippen LogP contribution < -0.4 is 9.80 Å². The summed E-state index contributed by atoms with van der Waals surface area (Å²) in [6.07, 6.45) is -2.25. The van der Waals surface area contributed by atoms with Crippen molar-refractivity contribution in [2.24, 2.45) is 0 Å². The van der Waals surface area contributed by atoms with Gasteiger partial charge in [-0.3, -0.25) is 0 Å². The van der Waals surface area contributed by atoms with Crippen molar-refractivity contribution in [2.75, 3.05) is 36.0 Å². The van der Waals surface area contributed by atoms with Crippen molar-refractivity contribution in [1.82, 2.24) is 0 Å². The first-order valence-corrected chi connectivity index (χ1v) is 16.0. The van der Waals surface area contributed by atoms with Gasteiger partial charge in [-0.2, -0.15) is 26.3 Å². The van der Waals surface area contributed by atoms with Crippen LogP contribution >= 0.6 is 0 Å². The standard InChI is InChI=1S/C38H34F6N2/c39-37(40,41)27-11-7-25(8-12-27)35-32-18-16-30(46-21-5-2-6-22-46)24-34(32)36(26-9-13-28(14-10-26)38(42,43)44)31-17-15-29(23-33(31)35)45-19-3-1-4-20-45/h7-18,23-24H,1-6,19-22H2. The van der Waals surface area contributed by atoms with Crippen molar-refractivity contribution in [3.8, 4) is 22.3 Å². The Bertz CT molecular complexity index is 1720. The zero-order valence-electron chi connectivity index (χ0n) is 25.3. The van der Waals surface area contributed by atoms with E-state index in [2.05, 4.69) is 34.1 Å². The molecule has 7 rings (SSSR count). The molecule has 5 aromatic carbocycles. The Morgan fingerprint density at radius 2 is 0.739 bits per heavy atom. The maximum atomic E-state index is 13.6. The van der Waals surface area contributed by atoms with E-state index in [-0.39, 0.29) is 0 Å². The van der Waals surface area contributed by atoms with Crippen LogP contribution in [0.1, 0.15) is 49.7 Å². The van der Waals surface area contributed by atoms with E-state index >= 15 is 0 Å². The molecule has 0 saturated carbocycles. The number of anilines is 2. The average molecular weight is 633 g/mol. The molecule has 0 unspecified atom stereocenters. The number of rotatable bonds is 4. The second-order valence-corrected chi connectivity index (χ2v) is 12.5. The molecule has 2 nitrogen and oxygen atoms in total. The molecule has 46 heavy (non-hydrogen) atoms. The van der Waals surface area contributed by atoms with Crippen LogP contribution in [0.25, 0.3) is 43.8 Å². The van der Waals surface area contributed by atoms with Crippen LogP contribution in [-0.2, 0) is 12.4 Å². The zero-order valence-corrected chi connectivity index (χ0v) is 25.3. The van der Waals surface area contributed by atoms with Gasteiger partial charge < -0.3 is 9.80 Å². The third kappa shape index (κ3) is 5.78. The van der Waals surface area contributed by atoms with Gasteiger partial charge in [-0.05, 0) is 131 Å². The fraction of sp³-hybridized carbons (Fsp3) is 0.316. The normalized spacial score (nSPS) is 16.4. The molecule has 2 saturated heterocycles. The minimum atomic E-state index is -4.46. The Hall–Kier alpha value is -4.20. The number of fused-ring (bicyclic) bond motifs is 2. The predicted molar refractivity (Wildman–Crippen MR) is 174 cm³/mol. The van der Waals surface area contributed by atoms with Crippen LogP contribution in [-0.4, -0.2) is 26.2 Å². The molecule has 0 bridgehead atoms. The van der Waals surface area contributed by atoms with E-state index in [9.17, 15) is 26.3 Å². The lowest BCUT2D eigenvalue weighted by molar-refractivity contribution is -0.138. The molecule has 2 fully saturated rings. The molecule has 0 N–H and O–H groups in total. The third-order valence-corrected chi connectivity index (χ3v) is 9.53. The third-order valence-electron chi connectivity index (χ3n) is 9.53. The van der Waals surface area contributed by atoms with Gasteiger partial charge in [-0.1, -0.05) is 36.4 Å². The van der Waals surface area contributed by atoms with Crippen LogP contribution in [0.2, 0.25) is 0 Å². The summed E-state index contributed by atoms with van der Waals surface area (Å²) in [5.74, 6) is 0. The van der Waals surface area contributed by atoms with Gasteiger partial charge >= 0.3 is 12.4 Å². The number of halogens is 6. The molecule has 5 aromatic rings. The van der Waals surface area contributed by atoms with Gasteiger partial charge in [-0.25, -0.2) is 0 Å². The highest BCUT2D eigenvalue weighted by molar-refractivity contribution is 6.22. The van der Waals surface area contributed by atoms with Gasteiger partial charge in [0.2, 0.25) is 0 Å². The van der Waals surface area contributed by atoms with E-state index in [1.165, 1.54) is 37.1 Å². The summed E-state index contributed by atoms with van der Waals surface area (Å²) >= 11 is 0. The minimum absolute atomic E-state index is 0.656. The van der Waals surface area contributed by atoms with Crippen LogP contribution in [0, 0.1) is 0 Å². The minimum Gasteiger partial charge on any atom is -0.372 e. The summed E-state index contributed by atoms with van der Waals surface area (Å²) in [7, 11) is 0. The maximum absolute atomic E-state index is 13.6. The SMILES string of the molecule is FC(F)(F)c1ccc(-c2c3ccc(N4CCCCC4)cc3c(-c3ccc(C(F)(F)F)cc3)c3ccc(N4CCCCC4)cc23)cc1. The fourth-order valence-electron chi connectivity index (χ4n) is 7.18. The number of piperidine rings is 2. The number of alkyl halides is 6. The number of nitrogens with zero attached hydrogens (tertiary/aromatic N) is 2. The largest absolute Gasteiger partial charge is 0.416 e. The second-order valence-electron chi connectivity index (χ2n) is 12.5. The molecule has 0 atom stereocenters. The summed E-state index contributed by atoms with van der Waals surface area (Å²) in [6, 6.07) is 23.0. The lowest BCUT2D eigenvalue weighted by Gasteiger charge is -2.30. The maximum Gasteiger partial charge on any atom is 0.416 e. The molecule has 238 valence electrons. The molecule has 2 aliphatic rings. The highest BCUT2D eigenvalue weighted by atomic mass is 19.4. The van der Waals surface area contributed by atoms with E-state index < -0.39 is 23.5 Å². The first-order chi connectivity index (χ1) is 22.1. The van der Waals surface area contributed by atoms with E-state index in [0.29, 0.717) is 11.1 Å². The molecular formula is C38H34F6N2. The monoisotopic (exact) mass is 632 g/mol. The van der Waals surface area contributed by atoms with Gasteiger partial charge in [-0.15, -0.1) is 0 Å². The fourth-order valence-corrected chi connectivity index (χ4v) is 7.18. The first-order valence-electron chi connectivity index (χ1n) is 16.0. The van der Waals surface area contributed by atoms with Gasteiger partial charge in [0.1, 0.15) is 0 Å². The smallest absolute Gasteiger partial charge is 0.372 e. The molecular weight excluding hydrogens is 598 g/mol. The summed E-state index contributed by atoms with van der Waals surface area (Å²) in [5.41, 5.74) is 3.58. The number of hydrogen-bond acceptors (Lipinski definition) is 2. The van der Waals surface area contributed by atoms with Gasteiger partial charge in [0.15, 0.2) is 0 Å². The Kier molecular flexibility index (Phi) is 7.86. The van der Waals surface area contributed by atoms with Gasteiger partial charge in [0.25, 0.3) is 0 Å². The summed E-state index contributed by atoms with van der Waals surface area (Å²) in [4.78, 5) is 4.67. The molecule has 2 heterocycles. The zero-order chi connectivity index (χ0) is 32.1. The first kappa shape index (κ1) is 30.5. The molecule has 2 aliphatic heterocycles. The number of benzene rings is 5. The molecule has 0 radical (unpaired) electrons. The van der Waals surface area contributed by atoms with Crippen LogP contribution in [0.15, 0.2) is 84.9 Å². The highest BCUT2D eigenvalue weighted by Crippen LogP contribution is 2.47. The van der Waals surface area contributed by atoms with E-state index in [1.807, 2.05) is 12.1 Å². The van der Waals surface area contributed by atoms with E-state index in [4.69, 9.17) is 0 Å². The van der Waals surface area contributed by atoms with Gasteiger partial charge in [0, 0.05) is 37.6 Å². The Balaban J connectivity index is 1.53. The van der Waals surface area contributed by atoms with Crippen LogP contribution in [0.3, 0.4) is 0 Å². The van der Waals surface area contributed by atoms with Crippen molar-refractivity contribution in [2.45, 2.75) is 50.9 Å². The van der Waals surface area contributed by atoms with Crippen LogP contribution in [0.4, 0.5) is 37.7 Å².